The normalized spacial score (nSPS) is 10.3. The number of methoxy groups -OCH3 is 1. The number of benzene rings is 2. The van der Waals surface area contributed by atoms with E-state index in [-0.39, 0.29) is 5.56 Å². The van der Waals surface area contributed by atoms with Crippen molar-refractivity contribution in [3.8, 4) is 11.5 Å². The summed E-state index contributed by atoms with van der Waals surface area (Å²) in [6, 6.07) is 8.77. The number of carboxylic acids is 1. The van der Waals surface area contributed by atoms with E-state index in [4.69, 9.17) is 14.6 Å². The van der Waals surface area contributed by atoms with Gasteiger partial charge in [-0.1, -0.05) is 15.9 Å². The summed E-state index contributed by atoms with van der Waals surface area (Å²) in [5.74, 6) is 0.440. The zero-order chi connectivity index (χ0) is 17.7. The predicted molar refractivity (Wildman–Crippen MR) is 97.3 cm³/mol. The fraction of sp³-hybridized carbons (Fsp3) is 0.278. The molecule has 0 aliphatic carbocycles. The van der Waals surface area contributed by atoms with Crippen molar-refractivity contribution < 1.29 is 19.4 Å². The quantitative estimate of drug-likeness (QED) is 0.725. The minimum atomic E-state index is -0.932. The second-order valence-corrected chi connectivity index (χ2v) is 6.03. The molecule has 0 fully saturated rings. The molecule has 0 spiro atoms. The van der Waals surface area contributed by atoms with Crippen molar-refractivity contribution in [1.82, 2.24) is 0 Å². The number of halogens is 1. The maximum atomic E-state index is 11.0. The summed E-state index contributed by atoms with van der Waals surface area (Å²) in [7, 11) is 1.61. The van der Waals surface area contributed by atoms with Gasteiger partial charge in [0.25, 0.3) is 0 Å². The highest BCUT2D eigenvalue weighted by atomic mass is 79.9. The number of nitrogens with one attached hydrogen (secondary N) is 1. The van der Waals surface area contributed by atoms with Gasteiger partial charge in [-0.3, -0.25) is 0 Å². The summed E-state index contributed by atoms with van der Waals surface area (Å²) in [6.07, 6.45) is 0. The molecule has 2 N–H and O–H groups in total. The molecule has 0 atom stereocenters. The van der Waals surface area contributed by atoms with Gasteiger partial charge in [0.15, 0.2) is 11.5 Å². The molecule has 2 aromatic rings. The van der Waals surface area contributed by atoms with E-state index in [2.05, 4.69) is 21.2 Å². The average molecular weight is 394 g/mol. The van der Waals surface area contributed by atoms with E-state index >= 15 is 0 Å². The van der Waals surface area contributed by atoms with E-state index in [1.165, 1.54) is 0 Å². The third-order valence-corrected chi connectivity index (χ3v) is 4.35. The predicted octanol–water partition coefficient (Wildman–Crippen LogP) is 4.48. The Hall–Kier alpha value is -2.21. The lowest BCUT2D eigenvalue weighted by Crippen LogP contribution is -2.07. The molecule has 5 nitrogen and oxygen atoms in total. The summed E-state index contributed by atoms with van der Waals surface area (Å²) in [6.45, 7) is 4.84. The van der Waals surface area contributed by atoms with Gasteiger partial charge in [-0.05, 0) is 49.7 Å². The van der Waals surface area contributed by atoms with Gasteiger partial charge >= 0.3 is 5.97 Å². The second-order valence-electron chi connectivity index (χ2n) is 5.18. The van der Waals surface area contributed by atoms with Crippen molar-refractivity contribution in [2.45, 2.75) is 20.4 Å². The van der Waals surface area contributed by atoms with Gasteiger partial charge < -0.3 is 19.9 Å². The lowest BCUT2D eigenvalue weighted by atomic mass is 10.1. The van der Waals surface area contributed by atoms with Crippen LogP contribution in [0.1, 0.15) is 28.4 Å². The molecule has 0 unspecified atom stereocenters. The third-order valence-electron chi connectivity index (χ3n) is 3.60. The van der Waals surface area contributed by atoms with Crippen molar-refractivity contribution in [3.63, 3.8) is 0 Å². The molecule has 0 aromatic heterocycles. The van der Waals surface area contributed by atoms with Crippen LogP contribution in [0.15, 0.2) is 34.8 Å². The topological polar surface area (TPSA) is 67.8 Å². The molecule has 0 amide bonds. The summed E-state index contributed by atoms with van der Waals surface area (Å²) in [5, 5.41) is 12.4. The molecule has 0 radical (unpaired) electrons. The molecule has 0 aliphatic heterocycles. The molecular formula is C18H20BrNO4. The van der Waals surface area contributed by atoms with Gasteiger partial charge in [-0.15, -0.1) is 0 Å². The molecule has 6 heteroatoms. The number of hydrogen-bond acceptors (Lipinski definition) is 4. The van der Waals surface area contributed by atoms with Gasteiger partial charge in [0, 0.05) is 22.3 Å². The highest BCUT2D eigenvalue weighted by molar-refractivity contribution is 9.10. The Balaban J connectivity index is 2.27. The van der Waals surface area contributed by atoms with E-state index < -0.39 is 5.97 Å². The first-order chi connectivity index (χ1) is 11.5. The van der Waals surface area contributed by atoms with Crippen molar-refractivity contribution in [2.75, 3.05) is 19.0 Å². The van der Waals surface area contributed by atoms with Crippen LogP contribution in [0.5, 0.6) is 11.5 Å². The van der Waals surface area contributed by atoms with Crippen molar-refractivity contribution in [3.05, 3.63) is 51.5 Å². The summed E-state index contributed by atoms with van der Waals surface area (Å²) >= 11 is 3.55. The SMILES string of the molecule is CCOc1c(OC)ccc(Br)c1CNc1ccc(C(=O)O)cc1C. The maximum absolute atomic E-state index is 11.0. The fourth-order valence-electron chi connectivity index (χ4n) is 2.39. The Morgan fingerprint density at radius 2 is 2.04 bits per heavy atom. The molecule has 128 valence electrons. The number of hydrogen-bond donors (Lipinski definition) is 2. The Morgan fingerprint density at radius 3 is 2.62 bits per heavy atom. The first-order valence-electron chi connectivity index (χ1n) is 7.53. The Morgan fingerprint density at radius 1 is 1.29 bits per heavy atom. The number of ether oxygens (including phenoxy) is 2. The molecule has 0 aliphatic rings. The number of carboxylic acid groups (broad SMARTS) is 1. The zero-order valence-corrected chi connectivity index (χ0v) is 15.4. The number of rotatable bonds is 7. The minimum absolute atomic E-state index is 0.274. The molecule has 0 saturated heterocycles. The first kappa shape index (κ1) is 18.1. The van der Waals surface area contributed by atoms with Crippen LogP contribution in [-0.4, -0.2) is 24.8 Å². The van der Waals surface area contributed by atoms with Crippen molar-refractivity contribution >= 4 is 27.6 Å². The lowest BCUT2D eigenvalue weighted by Gasteiger charge is -2.17. The van der Waals surface area contributed by atoms with Crippen LogP contribution in [0.3, 0.4) is 0 Å². The van der Waals surface area contributed by atoms with Crippen LogP contribution in [-0.2, 0) is 6.54 Å². The monoisotopic (exact) mass is 393 g/mol. The van der Waals surface area contributed by atoms with E-state index in [1.807, 2.05) is 26.0 Å². The van der Waals surface area contributed by atoms with Crippen LogP contribution >= 0.6 is 15.9 Å². The summed E-state index contributed by atoms with van der Waals surface area (Å²) in [4.78, 5) is 11.0. The Labute approximate surface area is 149 Å². The first-order valence-corrected chi connectivity index (χ1v) is 8.33. The number of aryl methyl sites for hydroxylation is 1. The van der Waals surface area contributed by atoms with Gasteiger partial charge in [-0.25, -0.2) is 4.79 Å². The fourth-order valence-corrected chi connectivity index (χ4v) is 2.84. The van der Waals surface area contributed by atoms with Crippen LogP contribution in [0.4, 0.5) is 5.69 Å². The van der Waals surface area contributed by atoms with Crippen LogP contribution < -0.4 is 14.8 Å². The van der Waals surface area contributed by atoms with E-state index in [0.717, 1.165) is 21.3 Å². The van der Waals surface area contributed by atoms with Gasteiger partial charge in [0.05, 0.1) is 19.3 Å². The lowest BCUT2D eigenvalue weighted by molar-refractivity contribution is 0.0697. The maximum Gasteiger partial charge on any atom is 0.335 e. The minimum Gasteiger partial charge on any atom is -0.493 e. The van der Waals surface area contributed by atoms with Crippen molar-refractivity contribution in [2.24, 2.45) is 0 Å². The smallest absolute Gasteiger partial charge is 0.335 e. The Bertz CT molecular complexity index is 746. The average Bonchev–Trinajstić information content (AvgIpc) is 2.55. The molecule has 0 heterocycles. The highest BCUT2D eigenvalue weighted by Gasteiger charge is 2.15. The molecule has 24 heavy (non-hydrogen) atoms. The zero-order valence-electron chi connectivity index (χ0n) is 13.9. The van der Waals surface area contributed by atoms with Crippen LogP contribution in [0, 0.1) is 6.92 Å². The second kappa shape index (κ2) is 8.06. The molecule has 0 saturated carbocycles. The molecular weight excluding hydrogens is 374 g/mol. The third kappa shape index (κ3) is 4.00. The number of anilines is 1. The summed E-state index contributed by atoms with van der Waals surface area (Å²) < 4.78 is 12.0. The van der Waals surface area contributed by atoms with Crippen LogP contribution in [0.2, 0.25) is 0 Å². The largest absolute Gasteiger partial charge is 0.493 e. The van der Waals surface area contributed by atoms with Crippen molar-refractivity contribution in [1.29, 1.82) is 0 Å². The summed E-state index contributed by atoms with van der Waals surface area (Å²) in [5.41, 5.74) is 2.96. The van der Waals surface area contributed by atoms with Gasteiger partial charge in [0.2, 0.25) is 0 Å². The molecule has 0 bridgehead atoms. The highest BCUT2D eigenvalue weighted by Crippen LogP contribution is 2.37. The Kier molecular flexibility index (Phi) is 6.09. The molecule has 2 aromatic carbocycles. The van der Waals surface area contributed by atoms with Gasteiger partial charge in [-0.2, -0.15) is 0 Å². The van der Waals surface area contributed by atoms with E-state index in [1.54, 1.807) is 25.3 Å². The van der Waals surface area contributed by atoms with E-state index in [9.17, 15) is 4.79 Å². The van der Waals surface area contributed by atoms with E-state index in [0.29, 0.717) is 24.7 Å². The standard InChI is InChI=1S/C18H20BrNO4/c1-4-24-17-13(14(19)6-8-16(17)23-3)10-20-15-7-5-12(18(21)22)9-11(15)2/h5-9,20H,4,10H2,1-3H3,(H,21,22). The van der Waals surface area contributed by atoms with Gasteiger partial charge in [0.1, 0.15) is 0 Å². The number of aromatic carboxylic acids is 1. The molecule has 2 rings (SSSR count). The van der Waals surface area contributed by atoms with Crippen LogP contribution in [0.25, 0.3) is 0 Å². The number of carbonyl (C=O) groups is 1.